The number of carbonyl (C=O) groups is 1. The van der Waals surface area contributed by atoms with Crippen molar-refractivity contribution in [1.29, 1.82) is 0 Å². The van der Waals surface area contributed by atoms with E-state index in [1.807, 2.05) is 24.3 Å². The van der Waals surface area contributed by atoms with E-state index in [1.165, 1.54) is 32.1 Å². The molecule has 1 amide bonds. The van der Waals surface area contributed by atoms with Crippen LogP contribution in [0.5, 0.6) is 0 Å². The number of piperazine rings is 1. The van der Waals surface area contributed by atoms with Crippen LogP contribution in [0.4, 0.5) is 5.95 Å². The van der Waals surface area contributed by atoms with Gasteiger partial charge in [-0.2, -0.15) is 0 Å². The van der Waals surface area contributed by atoms with Crippen molar-refractivity contribution >= 4 is 11.9 Å². The number of aromatic nitrogens is 2. The molecular formula is C21H33N5O. The first-order chi connectivity index (χ1) is 13.2. The molecule has 0 aromatic carbocycles. The van der Waals surface area contributed by atoms with Crippen LogP contribution in [-0.2, 0) is 11.3 Å². The van der Waals surface area contributed by atoms with Crippen LogP contribution in [0.3, 0.4) is 0 Å². The molecule has 2 atom stereocenters. The molecule has 1 aliphatic carbocycles. The number of hydrogen-bond donors (Lipinski definition) is 0. The van der Waals surface area contributed by atoms with Crippen molar-refractivity contribution in [3.8, 4) is 0 Å². The van der Waals surface area contributed by atoms with Crippen LogP contribution >= 0.6 is 0 Å². The fraction of sp³-hybridized carbons (Fsp3) is 0.762. The molecule has 6 heteroatoms. The molecule has 3 heterocycles. The van der Waals surface area contributed by atoms with Gasteiger partial charge < -0.3 is 9.80 Å². The summed E-state index contributed by atoms with van der Waals surface area (Å²) in [7, 11) is 1.91. The standard InChI is InChI=1S/C21H33N5O/c1-3-25-14-18-9-10-19(15-25)26(18)21-22-11-16(12-23-21)13-24(2)20(27)17-7-5-4-6-8-17/h11-12,17-19H,3-10,13-15H2,1-2H3. The summed E-state index contributed by atoms with van der Waals surface area (Å²) in [6.45, 7) is 6.22. The second-order valence-corrected chi connectivity index (χ2v) is 8.57. The van der Waals surface area contributed by atoms with Gasteiger partial charge >= 0.3 is 0 Å². The van der Waals surface area contributed by atoms with E-state index in [-0.39, 0.29) is 11.8 Å². The van der Waals surface area contributed by atoms with Crippen molar-refractivity contribution in [2.75, 3.05) is 31.6 Å². The lowest BCUT2D eigenvalue weighted by Gasteiger charge is -2.40. The van der Waals surface area contributed by atoms with Gasteiger partial charge in [-0.05, 0) is 32.2 Å². The fourth-order valence-corrected chi connectivity index (χ4v) is 5.15. The SMILES string of the molecule is CCN1CC2CCC(C1)N2c1ncc(CN(C)C(=O)C2CCCCC2)cn1. The van der Waals surface area contributed by atoms with E-state index in [2.05, 4.69) is 26.7 Å². The lowest BCUT2D eigenvalue weighted by molar-refractivity contribution is -0.135. The molecule has 6 nitrogen and oxygen atoms in total. The molecule has 2 aliphatic heterocycles. The van der Waals surface area contributed by atoms with Crippen molar-refractivity contribution in [2.45, 2.75) is 70.5 Å². The Morgan fingerprint density at radius 2 is 1.70 bits per heavy atom. The number of fused-ring (bicyclic) bond motifs is 2. The zero-order chi connectivity index (χ0) is 18.8. The van der Waals surface area contributed by atoms with Crippen molar-refractivity contribution in [1.82, 2.24) is 19.8 Å². The minimum absolute atomic E-state index is 0.217. The van der Waals surface area contributed by atoms with Crippen LogP contribution in [-0.4, -0.2) is 64.4 Å². The molecule has 0 spiro atoms. The quantitative estimate of drug-likeness (QED) is 0.796. The van der Waals surface area contributed by atoms with Gasteiger partial charge in [0.15, 0.2) is 0 Å². The maximum atomic E-state index is 12.6. The highest BCUT2D eigenvalue weighted by molar-refractivity contribution is 5.78. The third-order valence-corrected chi connectivity index (χ3v) is 6.68. The van der Waals surface area contributed by atoms with Gasteiger partial charge in [0.2, 0.25) is 11.9 Å². The zero-order valence-electron chi connectivity index (χ0n) is 16.8. The van der Waals surface area contributed by atoms with Crippen molar-refractivity contribution in [2.24, 2.45) is 5.92 Å². The summed E-state index contributed by atoms with van der Waals surface area (Å²) in [4.78, 5) is 28.8. The normalized spacial score (nSPS) is 26.4. The maximum absolute atomic E-state index is 12.6. The molecule has 2 saturated heterocycles. The molecule has 3 fully saturated rings. The Kier molecular flexibility index (Phi) is 5.62. The van der Waals surface area contributed by atoms with Crippen LogP contribution in [0, 0.1) is 5.92 Å². The molecule has 1 aromatic rings. The predicted octanol–water partition coefficient (Wildman–Crippen LogP) is 2.69. The van der Waals surface area contributed by atoms with Gasteiger partial charge in [-0.1, -0.05) is 26.2 Å². The minimum atomic E-state index is 0.217. The number of rotatable bonds is 5. The number of nitrogens with zero attached hydrogens (tertiary/aromatic N) is 5. The third kappa shape index (κ3) is 3.96. The number of amides is 1. The Hall–Kier alpha value is -1.69. The van der Waals surface area contributed by atoms with Gasteiger partial charge in [0.25, 0.3) is 0 Å². The monoisotopic (exact) mass is 371 g/mol. The molecular weight excluding hydrogens is 338 g/mol. The number of likely N-dealkylation sites (tertiary alicyclic amines) is 1. The Bertz CT molecular complexity index is 628. The van der Waals surface area contributed by atoms with Gasteiger partial charge in [-0.3, -0.25) is 9.69 Å². The highest BCUT2D eigenvalue weighted by atomic mass is 16.2. The molecule has 3 aliphatic rings. The summed E-state index contributed by atoms with van der Waals surface area (Å²) in [6.07, 6.45) is 12.1. The van der Waals surface area contributed by atoms with Crippen molar-refractivity contribution in [3.63, 3.8) is 0 Å². The second-order valence-electron chi connectivity index (χ2n) is 8.57. The molecule has 148 valence electrons. The Morgan fingerprint density at radius 1 is 1.07 bits per heavy atom. The molecule has 4 rings (SSSR count). The van der Waals surface area contributed by atoms with Crippen LogP contribution in [0.1, 0.15) is 57.4 Å². The first-order valence-electron chi connectivity index (χ1n) is 10.7. The van der Waals surface area contributed by atoms with E-state index < -0.39 is 0 Å². The zero-order valence-corrected chi connectivity index (χ0v) is 16.8. The minimum Gasteiger partial charge on any atom is -0.341 e. The molecule has 1 aromatic heterocycles. The molecule has 2 bridgehead atoms. The van der Waals surface area contributed by atoms with Gasteiger partial charge in [-0.25, -0.2) is 9.97 Å². The van der Waals surface area contributed by atoms with Gasteiger partial charge in [-0.15, -0.1) is 0 Å². The van der Waals surface area contributed by atoms with Crippen LogP contribution in [0.25, 0.3) is 0 Å². The van der Waals surface area contributed by atoms with Crippen molar-refractivity contribution in [3.05, 3.63) is 18.0 Å². The Morgan fingerprint density at radius 3 is 2.30 bits per heavy atom. The summed E-state index contributed by atoms with van der Waals surface area (Å²) in [5, 5.41) is 0. The van der Waals surface area contributed by atoms with Gasteiger partial charge in [0.1, 0.15) is 0 Å². The average molecular weight is 372 g/mol. The maximum Gasteiger partial charge on any atom is 0.225 e. The summed E-state index contributed by atoms with van der Waals surface area (Å²) < 4.78 is 0. The fourth-order valence-electron chi connectivity index (χ4n) is 5.15. The predicted molar refractivity (Wildman–Crippen MR) is 106 cm³/mol. The summed E-state index contributed by atoms with van der Waals surface area (Å²) in [5.74, 6) is 1.37. The molecule has 1 saturated carbocycles. The number of likely N-dealkylation sites (N-methyl/N-ethyl adjacent to an activating group) is 1. The number of anilines is 1. The van der Waals surface area contributed by atoms with Gasteiger partial charge in [0.05, 0.1) is 0 Å². The van der Waals surface area contributed by atoms with Crippen LogP contribution < -0.4 is 4.90 Å². The second kappa shape index (κ2) is 8.13. The molecule has 0 N–H and O–H groups in total. The number of carbonyl (C=O) groups excluding carboxylic acids is 1. The van der Waals surface area contributed by atoms with E-state index in [1.54, 1.807) is 0 Å². The van der Waals surface area contributed by atoms with Crippen molar-refractivity contribution < 1.29 is 4.79 Å². The largest absolute Gasteiger partial charge is 0.341 e. The third-order valence-electron chi connectivity index (χ3n) is 6.68. The highest BCUT2D eigenvalue weighted by Crippen LogP contribution is 2.32. The summed E-state index contributed by atoms with van der Waals surface area (Å²) in [6, 6.07) is 1.09. The summed E-state index contributed by atoms with van der Waals surface area (Å²) >= 11 is 0. The molecule has 27 heavy (non-hydrogen) atoms. The molecule has 0 radical (unpaired) electrons. The van der Waals surface area contributed by atoms with E-state index >= 15 is 0 Å². The Balaban J connectivity index is 1.37. The topological polar surface area (TPSA) is 52.6 Å². The molecule has 2 unspecified atom stereocenters. The smallest absolute Gasteiger partial charge is 0.225 e. The lowest BCUT2D eigenvalue weighted by Crippen LogP contribution is -2.54. The first-order valence-corrected chi connectivity index (χ1v) is 10.7. The average Bonchev–Trinajstić information content (AvgIpc) is 2.98. The highest BCUT2D eigenvalue weighted by Gasteiger charge is 2.40. The van der Waals surface area contributed by atoms with E-state index in [9.17, 15) is 4.79 Å². The Labute approximate surface area is 162 Å². The van der Waals surface area contributed by atoms with Crippen LogP contribution in [0.2, 0.25) is 0 Å². The van der Waals surface area contributed by atoms with E-state index in [0.717, 1.165) is 44.0 Å². The lowest BCUT2D eigenvalue weighted by atomic mass is 9.88. The van der Waals surface area contributed by atoms with E-state index in [4.69, 9.17) is 0 Å². The summed E-state index contributed by atoms with van der Waals surface area (Å²) in [5.41, 5.74) is 1.02. The number of hydrogen-bond acceptors (Lipinski definition) is 5. The van der Waals surface area contributed by atoms with E-state index in [0.29, 0.717) is 18.6 Å². The van der Waals surface area contributed by atoms with Crippen LogP contribution in [0.15, 0.2) is 12.4 Å². The first kappa shape index (κ1) is 18.7. The van der Waals surface area contributed by atoms with Gasteiger partial charge in [0, 0.05) is 62.6 Å².